The zero-order valence-corrected chi connectivity index (χ0v) is 12.4. The van der Waals surface area contributed by atoms with Gasteiger partial charge in [0.15, 0.2) is 0 Å². The fourth-order valence-corrected chi connectivity index (χ4v) is 2.22. The number of benzene rings is 1. The summed E-state index contributed by atoms with van der Waals surface area (Å²) in [4.78, 5) is 22.6. The molecule has 0 heterocycles. The average molecular weight is 278 g/mol. The maximum Gasteiger partial charge on any atom is 0.319 e. The highest BCUT2D eigenvalue weighted by Gasteiger charge is 2.15. The van der Waals surface area contributed by atoms with Crippen molar-refractivity contribution in [2.75, 3.05) is 5.32 Å². The van der Waals surface area contributed by atoms with E-state index in [1.165, 1.54) is 0 Å². The van der Waals surface area contributed by atoms with Crippen LogP contribution in [0.15, 0.2) is 12.1 Å². The molecule has 2 amide bonds. The number of carboxylic acids is 1. The molecule has 1 aromatic carbocycles. The predicted molar refractivity (Wildman–Crippen MR) is 79.1 cm³/mol. The minimum Gasteiger partial charge on any atom is -0.481 e. The van der Waals surface area contributed by atoms with Gasteiger partial charge in [-0.3, -0.25) is 4.79 Å². The van der Waals surface area contributed by atoms with Crippen LogP contribution in [0, 0.1) is 20.8 Å². The first-order valence-electron chi connectivity index (χ1n) is 6.70. The maximum atomic E-state index is 11.9. The van der Waals surface area contributed by atoms with E-state index in [9.17, 15) is 9.59 Å². The van der Waals surface area contributed by atoms with Crippen LogP contribution in [-0.4, -0.2) is 23.1 Å². The van der Waals surface area contributed by atoms with E-state index >= 15 is 0 Å². The molecule has 0 bridgehead atoms. The van der Waals surface area contributed by atoms with E-state index in [2.05, 4.69) is 10.6 Å². The molecule has 1 rings (SSSR count). The minimum absolute atomic E-state index is 0.0736. The normalized spacial score (nSPS) is 11.8. The van der Waals surface area contributed by atoms with E-state index in [4.69, 9.17) is 5.11 Å². The molecule has 1 aromatic rings. The van der Waals surface area contributed by atoms with Crippen molar-refractivity contribution in [2.45, 2.75) is 46.6 Å². The number of anilines is 1. The lowest BCUT2D eigenvalue weighted by Gasteiger charge is -2.17. The molecule has 0 saturated heterocycles. The van der Waals surface area contributed by atoms with Gasteiger partial charge in [-0.05, 0) is 38.3 Å². The summed E-state index contributed by atoms with van der Waals surface area (Å²) in [5.74, 6) is -0.917. The Morgan fingerprint density at radius 1 is 1.20 bits per heavy atom. The number of hydrogen-bond donors (Lipinski definition) is 3. The standard InChI is InChI=1S/C15H22N2O3/c1-5-12(8-13(18)19)16-15(20)17-14-10(3)6-9(2)7-11(14)4/h6-7,12H,5,8H2,1-4H3,(H,18,19)(H2,16,17,20). The van der Waals surface area contributed by atoms with Crippen molar-refractivity contribution in [1.82, 2.24) is 5.32 Å². The molecule has 5 nitrogen and oxygen atoms in total. The number of amides is 2. The van der Waals surface area contributed by atoms with Gasteiger partial charge in [0.05, 0.1) is 6.42 Å². The first kappa shape index (κ1) is 16.0. The number of rotatable bonds is 5. The van der Waals surface area contributed by atoms with E-state index in [1.807, 2.05) is 39.8 Å². The van der Waals surface area contributed by atoms with Crippen molar-refractivity contribution in [3.05, 3.63) is 28.8 Å². The molecule has 1 unspecified atom stereocenters. The summed E-state index contributed by atoms with van der Waals surface area (Å²) in [5.41, 5.74) is 3.90. The fourth-order valence-electron chi connectivity index (χ4n) is 2.22. The van der Waals surface area contributed by atoms with Gasteiger partial charge in [-0.2, -0.15) is 0 Å². The van der Waals surface area contributed by atoms with Gasteiger partial charge in [-0.25, -0.2) is 4.79 Å². The van der Waals surface area contributed by atoms with E-state index in [-0.39, 0.29) is 18.5 Å². The number of carbonyl (C=O) groups is 2. The quantitative estimate of drug-likeness (QED) is 0.774. The van der Waals surface area contributed by atoms with Crippen LogP contribution < -0.4 is 10.6 Å². The molecule has 110 valence electrons. The molecule has 0 fully saturated rings. The Kier molecular flexibility index (Phi) is 5.55. The zero-order chi connectivity index (χ0) is 15.3. The molecule has 0 spiro atoms. The molecule has 0 radical (unpaired) electrons. The summed E-state index contributed by atoms with van der Waals surface area (Å²) in [6.07, 6.45) is 0.501. The highest BCUT2D eigenvalue weighted by Crippen LogP contribution is 2.21. The average Bonchev–Trinajstić information content (AvgIpc) is 2.32. The highest BCUT2D eigenvalue weighted by molar-refractivity contribution is 5.91. The molecule has 0 aliphatic heterocycles. The summed E-state index contributed by atoms with van der Waals surface area (Å²) in [6.45, 7) is 7.72. The largest absolute Gasteiger partial charge is 0.481 e. The lowest BCUT2D eigenvalue weighted by molar-refractivity contribution is -0.137. The summed E-state index contributed by atoms with van der Waals surface area (Å²) in [6, 6.07) is 3.26. The van der Waals surface area contributed by atoms with Gasteiger partial charge >= 0.3 is 12.0 Å². The number of aliphatic carboxylic acids is 1. The topological polar surface area (TPSA) is 78.4 Å². The SMILES string of the molecule is CCC(CC(=O)O)NC(=O)Nc1c(C)cc(C)cc1C. The molecule has 0 aliphatic carbocycles. The van der Waals surface area contributed by atoms with Crippen molar-refractivity contribution in [3.8, 4) is 0 Å². The van der Waals surface area contributed by atoms with Gasteiger partial charge in [0.25, 0.3) is 0 Å². The Hall–Kier alpha value is -2.04. The van der Waals surface area contributed by atoms with Gasteiger partial charge in [0.2, 0.25) is 0 Å². The third-order valence-electron chi connectivity index (χ3n) is 3.16. The molecule has 0 saturated carbocycles. The third-order valence-corrected chi connectivity index (χ3v) is 3.16. The second kappa shape index (κ2) is 6.93. The fraction of sp³-hybridized carbons (Fsp3) is 0.467. The Morgan fingerprint density at radius 3 is 2.20 bits per heavy atom. The Morgan fingerprint density at radius 2 is 1.75 bits per heavy atom. The molecule has 0 aliphatic rings. The second-order valence-corrected chi connectivity index (χ2v) is 5.08. The van der Waals surface area contributed by atoms with E-state index in [0.717, 1.165) is 22.4 Å². The Balaban J connectivity index is 2.73. The number of hydrogen-bond acceptors (Lipinski definition) is 2. The van der Waals surface area contributed by atoms with Crippen LogP contribution >= 0.6 is 0 Å². The molecule has 3 N–H and O–H groups in total. The van der Waals surface area contributed by atoms with Crippen molar-refractivity contribution in [1.29, 1.82) is 0 Å². The van der Waals surface area contributed by atoms with Gasteiger partial charge in [-0.1, -0.05) is 24.6 Å². The first-order valence-corrected chi connectivity index (χ1v) is 6.70. The number of nitrogens with one attached hydrogen (secondary N) is 2. The molecule has 20 heavy (non-hydrogen) atoms. The van der Waals surface area contributed by atoms with Crippen LogP contribution in [0.2, 0.25) is 0 Å². The van der Waals surface area contributed by atoms with Gasteiger partial charge in [-0.15, -0.1) is 0 Å². The van der Waals surface area contributed by atoms with Gasteiger partial charge in [0, 0.05) is 11.7 Å². The summed E-state index contributed by atoms with van der Waals surface area (Å²) in [5, 5.41) is 14.3. The summed E-state index contributed by atoms with van der Waals surface area (Å²) >= 11 is 0. The Bertz CT molecular complexity index is 489. The van der Waals surface area contributed by atoms with Gasteiger partial charge in [0.1, 0.15) is 0 Å². The lowest BCUT2D eigenvalue weighted by Crippen LogP contribution is -2.39. The molecular formula is C15H22N2O3. The second-order valence-electron chi connectivity index (χ2n) is 5.08. The number of carbonyl (C=O) groups excluding carboxylic acids is 1. The van der Waals surface area contributed by atoms with Crippen LogP contribution in [0.5, 0.6) is 0 Å². The van der Waals surface area contributed by atoms with Crippen LogP contribution in [0.3, 0.4) is 0 Å². The third kappa shape index (κ3) is 4.57. The minimum atomic E-state index is -0.917. The van der Waals surface area contributed by atoms with Crippen molar-refractivity contribution in [2.24, 2.45) is 0 Å². The number of carboxylic acid groups (broad SMARTS) is 1. The van der Waals surface area contributed by atoms with E-state index in [0.29, 0.717) is 6.42 Å². The maximum absolute atomic E-state index is 11.9. The van der Waals surface area contributed by atoms with Crippen molar-refractivity contribution < 1.29 is 14.7 Å². The summed E-state index contributed by atoms with van der Waals surface area (Å²) < 4.78 is 0. The highest BCUT2D eigenvalue weighted by atomic mass is 16.4. The van der Waals surface area contributed by atoms with Crippen molar-refractivity contribution >= 4 is 17.7 Å². The summed E-state index contributed by atoms with van der Waals surface area (Å²) in [7, 11) is 0. The molecule has 0 aromatic heterocycles. The molecule has 5 heteroatoms. The number of urea groups is 1. The van der Waals surface area contributed by atoms with Crippen LogP contribution in [0.25, 0.3) is 0 Å². The van der Waals surface area contributed by atoms with Crippen LogP contribution in [0.1, 0.15) is 36.5 Å². The first-order chi connectivity index (χ1) is 9.33. The monoisotopic (exact) mass is 278 g/mol. The van der Waals surface area contributed by atoms with Crippen LogP contribution in [-0.2, 0) is 4.79 Å². The van der Waals surface area contributed by atoms with Crippen molar-refractivity contribution in [3.63, 3.8) is 0 Å². The van der Waals surface area contributed by atoms with E-state index in [1.54, 1.807) is 0 Å². The molecule has 1 atom stereocenters. The van der Waals surface area contributed by atoms with Gasteiger partial charge < -0.3 is 15.7 Å². The van der Waals surface area contributed by atoms with E-state index < -0.39 is 5.97 Å². The van der Waals surface area contributed by atoms with Crippen LogP contribution in [0.4, 0.5) is 10.5 Å². The lowest BCUT2D eigenvalue weighted by atomic mass is 10.1. The molecular weight excluding hydrogens is 256 g/mol. The Labute approximate surface area is 119 Å². The number of aryl methyl sites for hydroxylation is 3. The zero-order valence-electron chi connectivity index (χ0n) is 12.4. The smallest absolute Gasteiger partial charge is 0.319 e. The predicted octanol–water partition coefficient (Wildman–Crippen LogP) is 2.99.